The SMILES string of the molecule is O=C(CCc1ccc(F)cc1F)N1CCC[C@@H](O)CC1. The normalized spacial score (nSPS) is 19.8. The number of halogens is 2. The fourth-order valence-electron chi connectivity index (χ4n) is 2.45. The number of likely N-dealkylation sites (tertiary alicyclic amines) is 1. The van der Waals surface area contributed by atoms with Crippen molar-refractivity contribution in [2.24, 2.45) is 0 Å². The van der Waals surface area contributed by atoms with Gasteiger partial charge in [0.15, 0.2) is 0 Å². The van der Waals surface area contributed by atoms with Gasteiger partial charge in [0.2, 0.25) is 5.91 Å². The molecule has 1 aromatic carbocycles. The van der Waals surface area contributed by atoms with Crippen molar-refractivity contribution in [3.63, 3.8) is 0 Å². The minimum atomic E-state index is -0.612. The van der Waals surface area contributed by atoms with Crippen molar-refractivity contribution in [2.75, 3.05) is 13.1 Å². The number of carbonyl (C=O) groups is 1. The van der Waals surface area contributed by atoms with Gasteiger partial charge in [-0.3, -0.25) is 4.79 Å². The van der Waals surface area contributed by atoms with E-state index in [4.69, 9.17) is 0 Å². The lowest BCUT2D eigenvalue weighted by Gasteiger charge is -2.20. The van der Waals surface area contributed by atoms with Crippen LogP contribution in [0.15, 0.2) is 18.2 Å². The third-order valence-electron chi connectivity index (χ3n) is 3.67. The molecule has 2 rings (SSSR count). The van der Waals surface area contributed by atoms with E-state index in [2.05, 4.69) is 0 Å². The largest absolute Gasteiger partial charge is 0.393 e. The van der Waals surface area contributed by atoms with Crippen molar-refractivity contribution in [3.8, 4) is 0 Å². The number of aliphatic hydroxyl groups excluding tert-OH is 1. The van der Waals surface area contributed by atoms with Crippen molar-refractivity contribution in [3.05, 3.63) is 35.4 Å². The monoisotopic (exact) mass is 283 g/mol. The van der Waals surface area contributed by atoms with Crippen LogP contribution in [0.25, 0.3) is 0 Å². The number of amides is 1. The molecule has 1 aliphatic heterocycles. The number of hydrogen-bond acceptors (Lipinski definition) is 2. The van der Waals surface area contributed by atoms with E-state index in [-0.39, 0.29) is 24.9 Å². The number of rotatable bonds is 3. The fourth-order valence-corrected chi connectivity index (χ4v) is 2.45. The zero-order chi connectivity index (χ0) is 14.5. The zero-order valence-electron chi connectivity index (χ0n) is 11.3. The lowest BCUT2D eigenvalue weighted by molar-refractivity contribution is -0.131. The van der Waals surface area contributed by atoms with Gasteiger partial charge >= 0.3 is 0 Å². The Hall–Kier alpha value is -1.49. The Kier molecular flexibility index (Phi) is 5.06. The summed E-state index contributed by atoms with van der Waals surface area (Å²) in [6, 6.07) is 3.41. The van der Waals surface area contributed by atoms with Gasteiger partial charge in [-0.25, -0.2) is 8.78 Å². The Labute approximate surface area is 117 Å². The van der Waals surface area contributed by atoms with E-state index in [0.29, 0.717) is 25.1 Å². The van der Waals surface area contributed by atoms with Crippen LogP contribution in [0, 0.1) is 11.6 Å². The van der Waals surface area contributed by atoms with E-state index in [0.717, 1.165) is 18.9 Å². The van der Waals surface area contributed by atoms with Gasteiger partial charge in [-0.2, -0.15) is 0 Å². The Morgan fingerprint density at radius 3 is 2.85 bits per heavy atom. The molecule has 0 aliphatic carbocycles. The van der Waals surface area contributed by atoms with E-state index in [1.807, 2.05) is 0 Å². The molecule has 1 saturated heterocycles. The topological polar surface area (TPSA) is 40.5 Å². The Bertz CT molecular complexity index is 479. The summed E-state index contributed by atoms with van der Waals surface area (Å²) in [7, 11) is 0. The summed E-state index contributed by atoms with van der Waals surface area (Å²) in [5, 5.41) is 9.54. The van der Waals surface area contributed by atoms with Gasteiger partial charge in [-0.1, -0.05) is 6.07 Å². The predicted molar refractivity (Wildman–Crippen MR) is 71.1 cm³/mol. The zero-order valence-corrected chi connectivity index (χ0v) is 11.3. The van der Waals surface area contributed by atoms with Gasteiger partial charge in [-0.05, 0) is 37.3 Å². The molecule has 5 heteroatoms. The lowest BCUT2D eigenvalue weighted by Crippen LogP contribution is -2.32. The van der Waals surface area contributed by atoms with Crippen molar-refractivity contribution in [1.82, 2.24) is 4.90 Å². The molecule has 20 heavy (non-hydrogen) atoms. The van der Waals surface area contributed by atoms with Gasteiger partial charge in [0, 0.05) is 25.6 Å². The Balaban J connectivity index is 1.88. The van der Waals surface area contributed by atoms with Crippen molar-refractivity contribution >= 4 is 5.91 Å². The quantitative estimate of drug-likeness (QED) is 0.924. The molecule has 0 spiro atoms. The van der Waals surface area contributed by atoms with Crippen LogP contribution in [-0.2, 0) is 11.2 Å². The minimum absolute atomic E-state index is 0.0391. The highest BCUT2D eigenvalue weighted by atomic mass is 19.1. The lowest BCUT2D eigenvalue weighted by atomic mass is 10.1. The number of carbonyl (C=O) groups excluding carboxylic acids is 1. The Morgan fingerprint density at radius 1 is 1.30 bits per heavy atom. The summed E-state index contributed by atoms with van der Waals surface area (Å²) >= 11 is 0. The van der Waals surface area contributed by atoms with Crippen LogP contribution in [0.4, 0.5) is 8.78 Å². The first-order chi connectivity index (χ1) is 9.56. The summed E-state index contributed by atoms with van der Waals surface area (Å²) in [5.41, 5.74) is 0.356. The third-order valence-corrected chi connectivity index (χ3v) is 3.67. The van der Waals surface area contributed by atoms with Gasteiger partial charge in [0.05, 0.1) is 6.10 Å². The first-order valence-corrected chi connectivity index (χ1v) is 6.96. The predicted octanol–water partition coefficient (Wildman–Crippen LogP) is 2.27. The minimum Gasteiger partial charge on any atom is -0.393 e. The van der Waals surface area contributed by atoms with Crippen LogP contribution >= 0.6 is 0 Å². The highest BCUT2D eigenvalue weighted by Gasteiger charge is 2.19. The van der Waals surface area contributed by atoms with Crippen molar-refractivity contribution in [2.45, 2.75) is 38.2 Å². The van der Waals surface area contributed by atoms with Crippen LogP contribution in [0.3, 0.4) is 0 Å². The standard InChI is InChI=1S/C15H19F2NO2/c16-12-5-3-11(14(17)10-12)4-6-15(20)18-8-1-2-13(19)7-9-18/h3,5,10,13,19H,1-2,4,6-9H2/t13-/m1/s1. The molecule has 3 nitrogen and oxygen atoms in total. The molecule has 1 fully saturated rings. The average molecular weight is 283 g/mol. The highest BCUT2D eigenvalue weighted by Crippen LogP contribution is 2.15. The van der Waals surface area contributed by atoms with E-state index in [1.165, 1.54) is 12.1 Å². The van der Waals surface area contributed by atoms with Gasteiger partial charge in [-0.15, -0.1) is 0 Å². The molecule has 1 aromatic rings. The molecule has 1 aliphatic rings. The summed E-state index contributed by atoms with van der Waals surface area (Å²) < 4.78 is 26.2. The average Bonchev–Trinajstić information content (AvgIpc) is 2.62. The molecule has 1 amide bonds. The second kappa shape index (κ2) is 6.79. The maximum Gasteiger partial charge on any atom is 0.222 e. The smallest absolute Gasteiger partial charge is 0.222 e. The highest BCUT2D eigenvalue weighted by molar-refractivity contribution is 5.76. The first kappa shape index (κ1) is 14.9. The summed E-state index contributed by atoms with van der Waals surface area (Å²) in [4.78, 5) is 13.8. The van der Waals surface area contributed by atoms with Crippen LogP contribution in [0.5, 0.6) is 0 Å². The molecule has 0 aromatic heterocycles. The van der Waals surface area contributed by atoms with Crippen LogP contribution in [0.1, 0.15) is 31.2 Å². The maximum absolute atomic E-state index is 13.5. The summed E-state index contributed by atoms with van der Waals surface area (Å²) in [6.07, 6.45) is 2.25. The van der Waals surface area contributed by atoms with Gasteiger partial charge in [0.1, 0.15) is 11.6 Å². The van der Waals surface area contributed by atoms with E-state index in [9.17, 15) is 18.7 Å². The second-order valence-electron chi connectivity index (χ2n) is 5.20. The summed E-state index contributed by atoms with van der Waals surface area (Å²) in [5.74, 6) is -1.26. The van der Waals surface area contributed by atoms with Crippen LogP contribution < -0.4 is 0 Å². The third kappa shape index (κ3) is 4.00. The van der Waals surface area contributed by atoms with E-state index < -0.39 is 11.6 Å². The number of aryl methyl sites for hydroxylation is 1. The first-order valence-electron chi connectivity index (χ1n) is 6.96. The molecule has 1 N–H and O–H groups in total. The maximum atomic E-state index is 13.5. The summed E-state index contributed by atoms with van der Waals surface area (Å²) in [6.45, 7) is 1.19. The molecule has 1 atom stereocenters. The van der Waals surface area contributed by atoms with Crippen LogP contribution in [-0.4, -0.2) is 35.1 Å². The van der Waals surface area contributed by atoms with Crippen LogP contribution in [0.2, 0.25) is 0 Å². The molecule has 0 unspecified atom stereocenters. The number of hydrogen-bond donors (Lipinski definition) is 1. The molecule has 0 bridgehead atoms. The number of nitrogens with zero attached hydrogens (tertiary/aromatic N) is 1. The van der Waals surface area contributed by atoms with E-state index in [1.54, 1.807) is 4.90 Å². The molecular formula is C15H19F2NO2. The Morgan fingerprint density at radius 2 is 2.10 bits per heavy atom. The molecule has 110 valence electrons. The molecule has 0 radical (unpaired) electrons. The fraction of sp³-hybridized carbons (Fsp3) is 0.533. The van der Waals surface area contributed by atoms with E-state index >= 15 is 0 Å². The van der Waals surface area contributed by atoms with Crippen molar-refractivity contribution in [1.29, 1.82) is 0 Å². The number of aliphatic hydroxyl groups is 1. The van der Waals surface area contributed by atoms with Gasteiger partial charge < -0.3 is 10.0 Å². The van der Waals surface area contributed by atoms with Gasteiger partial charge in [0.25, 0.3) is 0 Å². The molecule has 1 heterocycles. The molecule has 0 saturated carbocycles. The number of benzene rings is 1. The second-order valence-corrected chi connectivity index (χ2v) is 5.20. The van der Waals surface area contributed by atoms with Crippen molar-refractivity contribution < 1.29 is 18.7 Å². The molecular weight excluding hydrogens is 264 g/mol.